The van der Waals surface area contributed by atoms with Crippen LogP contribution in [-0.2, 0) is 4.74 Å². The highest BCUT2D eigenvalue weighted by molar-refractivity contribution is 4.89. The van der Waals surface area contributed by atoms with E-state index in [1.165, 1.54) is 5.57 Å². The molecule has 84 valence electrons. The minimum Gasteiger partial charge on any atom is -0.374 e. The van der Waals surface area contributed by atoms with Crippen molar-refractivity contribution in [3.05, 3.63) is 12.2 Å². The molecule has 0 aromatic rings. The van der Waals surface area contributed by atoms with Crippen LogP contribution in [0.1, 0.15) is 40.5 Å². The summed E-state index contributed by atoms with van der Waals surface area (Å²) in [6.45, 7) is 12.7. The first-order chi connectivity index (χ1) is 6.35. The smallest absolute Gasteiger partial charge is 0.0640 e. The van der Waals surface area contributed by atoms with Crippen molar-refractivity contribution in [2.24, 2.45) is 5.84 Å². The zero-order valence-corrected chi connectivity index (χ0v) is 9.89. The van der Waals surface area contributed by atoms with Crippen molar-refractivity contribution in [2.45, 2.75) is 52.2 Å². The average Bonchev–Trinajstić information content (AvgIpc) is 2.02. The first kappa shape index (κ1) is 13.6. The summed E-state index contributed by atoms with van der Waals surface area (Å²) in [7, 11) is 0. The Morgan fingerprint density at radius 1 is 1.50 bits per heavy atom. The molecule has 0 saturated carbocycles. The molecule has 0 saturated heterocycles. The molecule has 0 aromatic carbocycles. The normalized spacial score (nSPS) is 14.1. The second kappa shape index (κ2) is 6.17. The lowest BCUT2D eigenvalue weighted by Gasteiger charge is -2.24. The van der Waals surface area contributed by atoms with E-state index in [1.807, 2.05) is 27.7 Å². The Kier molecular flexibility index (Phi) is 6.00. The van der Waals surface area contributed by atoms with Crippen LogP contribution in [0.25, 0.3) is 0 Å². The summed E-state index contributed by atoms with van der Waals surface area (Å²) in [5.41, 5.74) is 3.85. The molecule has 0 aliphatic rings. The summed E-state index contributed by atoms with van der Waals surface area (Å²) in [5.74, 6) is 5.43. The van der Waals surface area contributed by atoms with Crippen molar-refractivity contribution in [3.63, 3.8) is 0 Å². The van der Waals surface area contributed by atoms with Crippen molar-refractivity contribution in [1.82, 2.24) is 5.43 Å². The van der Waals surface area contributed by atoms with Crippen molar-refractivity contribution in [2.75, 3.05) is 6.61 Å². The maximum Gasteiger partial charge on any atom is 0.0640 e. The second-order valence-corrected chi connectivity index (χ2v) is 4.78. The van der Waals surface area contributed by atoms with Gasteiger partial charge in [-0.1, -0.05) is 5.57 Å². The highest BCUT2D eigenvalue weighted by atomic mass is 16.5. The predicted octanol–water partition coefficient (Wildman–Crippen LogP) is 1.99. The number of nitrogens with one attached hydrogen (secondary N) is 1. The third kappa shape index (κ3) is 8.23. The van der Waals surface area contributed by atoms with Crippen LogP contribution in [0, 0.1) is 0 Å². The number of hydrogen-bond donors (Lipinski definition) is 2. The molecule has 14 heavy (non-hydrogen) atoms. The van der Waals surface area contributed by atoms with Gasteiger partial charge in [-0.05, 0) is 40.5 Å². The highest BCUT2D eigenvalue weighted by Crippen LogP contribution is 2.10. The van der Waals surface area contributed by atoms with Crippen LogP contribution in [0.5, 0.6) is 0 Å². The molecular weight excluding hydrogens is 176 g/mol. The van der Waals surface area contributed by atoms with Gasteiger partial charge in [-0.25, -0.2) is 0 Å². The summed E-state index contributed by atoms with van der Waals surface area (Å²) < 4.78 is 5.64. The van der Waals surface area contributed by atoms with Crippen LogP contribution in [0.2, 0.25) is 0 Å². The van der Waals surface area contributed by atoms with E-state index < -0.39 is 0 Å². The Morgan fingerprint density at radius 2 is 2.07 bits per heavy atom. The Balaban J connectivity index is 3.74. The maximum atomic E-state index is 5.64. The molecule has 0 bridgehead atoms. The zero-order chi connectivity index (χ0) is 11.2. The molecule has 3 nitrogen and oxygen atoms in total. The summed E-state index contributed by atoms with van der Waals surface area (Å²) >= 11 is 0. The standard InChI is InChI=1S/C11H24N2O/c1-9(2)6-7-10(13-12)8-14-11(3,4)5/h10,13H,1,6-8,12H2,2-5H3. The number of rotatable bonds is 6. The van der Waals surface area contributed by atoms with Crippen LogP contribution < -0.4 is 11.3 Å². The molecule has 0 heterocycles. The highest BCUT2D eigenvalue weighted by Gasteiger charge is 2.14. The SMILES string of the molecule is C=C(C)CCC(COC(C)(C)C)NN. The van der Waals surface area contributed by atoms with Gasteiger partial charge in [0.25, 0.3) is 0 Å². The third-order valence-corrected chi connectivity index (χ3v) is 1.87. The minimum atomic E-state index is -0.0989. The number of nitrogens with two attached hydrogens (primary N) is 1. The fourth-order valence-electron chi connectivity index (χ4n) is 0.986. The third-order valence-electron chi connectivity index (χ3n) is 1.87. The molecule has 0 aliphatic heterocycles. The molecule has 0 amide bonds. The quantitative estimate of drug-likeness (QED) is 0.391. The number of allylic oxidation sites excluding steroid dienone is 1. The molecule has 0 fully saturated rings. The van der Waals surface area contributed by atoms with Gasteiger partial charge in [0, 0.05) is 6.04 Å². The van der Waals surface area contributed by atoms with Crippen LogP contribution in [-0.4, -0.2) is 18.2 Å². The van der Waals surface area contributed by atoms with Crippen molar-refractivity contribution in [3.8, 4) is 0 Å². The van der Waals surface area contributed by atoms with Crippen LogP contribution in [0.4, 0.5) is 0 Å². The molecule has 3 N–H and O–H groups in total. The molecule has 0 spiro atoms. The number of hydrogen-bond acceptors (Lipinski definition) is 3. The Hall–Kier alpha value is -0.380. The van der Waals surface area contributed by atoms with E-state index in [9.17, 15) is 0 Å². The Labute approximate surface area is 87.7 Å². The largest absolute Gasteiger partial charge is 0.374 e. The molecule has 0 aromatic heterocycles. The number of ether oxygens (including phenoxy) is 1. The number of hydrazine groups is 1. The van der Waals surface area contributed by atoms with Gasteiger partial charge < -0.3 is 4.74 Å². The van der Waals surface area contributed by atoms with Gasteiger partial charge in [0.2, 0.25) is 0 Å². The molecule has 1 atom stereocenters. The topological polar surface area (TPSA) is 47.3 Å². The lowest BCUT2D eigenvalue weighted by atomic mass is 10.1. The Bertz CT molecular complexity index is 173. The van der Waals surface area contributed by atoms with E-state index in [-0.39, 0.29) is 11.6 Å². The average molecular weight is 200 g/mol. The molecule has 0 aliphatic carbocycles. The van der Waals surface area contributed by atoms with Crippen molar-refractivity contribution in [1.29, 1.82) is 0 Å². The molecule has 3 heteroatoms. The second-order valence-electron chi connectivity index (χ2n) is 4.78. The summed E-state index contributed by atoms with van der Waals surface area (Å²) in [6.07, 6.45) is 1.96. The lowest BCUT2D eigenvalue weighted by molar-refractivity contribution is -0.0153. The Morgan fingerprint density at radius 3 is 2.43 bits per heavy atom. The van der Waals surface area contributed by atoms with E-state index in [1.54, 1.807) is 0 Å². The zero-order valence-electron chi connectivity index (χ0n) is 9.89. The first-order valence-electron chi connectivity index (χ1n) is 5.09. The van der Waals surface area contributed by atoms with Gasteiger partial charge in [0.1, 0.15) is 0 Å². The fraction of sp³-hybridized carbons (Fsp3) is 0.818. The van der Waals surface area contributed by atoms with Gasteiger partial charge in [-0.2, -0.15) is 0 Å². The van der Waals surface area contributed by atoms with E-state index in [4.69, 9.17) is 10.6 Å². The summed E-state index contributed by atoms with van der Waals surface area (Å²) in [6, 6.07) is 0.214. The van der Waals surface area contributed by atoms with Gasteiger partial charge in [-0.15, -0.1) is 6.58 Å². The van der Waals surface area contributed by atoms with Crippen molar-refractivity contribution >= 4 is 0 Å². The van der Waals surface area contributed by atoms with Gasteiger partial charge in [0.15, 0.2) is 0 Å². The molecule has 1 unspecified atom stereocenters. The first-order valence-corrected chi connectivity index (χ1v) is 5.09. The maximum absolute atomic E-state index is 5.64. The summed E-state index contributed by atoms with van der Waals surface area (Å²) in [5, 5.41) is 0. The van der Waals surface area contributed by atoms with Gasteiger partial charge in [-0.3, -0.25) is 11.3 Å². The lowest BCUT2D eigenvalue weighted by Crippen LogP contribution is -2.40. The van der Waals surface area contributed by atoms with E-state index in [0.29, 0.717) is 6.61 Å². The molecule has 0 radical (unpaired) electrons. The molecule has 0 rings (SSSR count). The van der Waals surface area contributed by atoms with E-state index in [0.717, 1.165) is 12.8 Å². The van der Waals surface area contributed by atoms with Crippen LogP contribution in [0.3, 0.4) is 0 Å². The fourth-order valence-corrected chi connectivity index (χ4v) is 0.986. The summed E-state index contributed by atoms with van der Waals surface area (Å²) in [4.78, 5) is 0. The van der Waals surface area contributed by atoms with Gasteiger partial charge in [0.05, 0.1) is 12.2 Å². The van der Waals surface area contributed by atoms with E-state index >= 15 is 0 Å². The van der Waals surface area contributed by atoms with E-state index in [2.05, 4.69) is 12.0 Å². The monoisotopic (exact) mass is 200 g/mol. The van der Waals surface area contributed by atoms with Crippen LogP contribution >= 0.6 is 0 Å². The predicted molar refractivity (Wildman–Crippen MR) is 60.9 cm³/mol. The van der Waals surface area contributed by atoms with Gasteiger partial charge >= 0.3 is 0 Å². The van der Waals surface area contributed by atoms with Crippen LogP contribution in [0.15, 0.2) is 12.2 Å². The minimum absolute atomic E-state index is 0.0989. The van der Waals surface area contributed by atoms with Crippen molar-refractivity contribution < 1.29 is 4.74 Å². The molecular formula is C11H24N2O.